The van der Waals surface area contributed by atoms with Crippen molar-refractivity contribution < 1.29 is 0 Å². The van der Waals surface area contributed by atoms with Crippen LogP contribution in [0.2, 0.25) is 0 Å². The maximum Gasteiger partial charge on any atom is 0.164 e. The van der Waals surface area contributed by atoms with Crippen LogP contribution in [0.1, 0.15) is 57.1 Å². The molecular formula is C51H44N4. The number of nitriles is 1. The van der Waals surface area contributed by atoms with Gasteiger partial charge >= 0.3 is 0 Å². The summed E-state index contributed by atoms with van der Waals surface area (Å²) in [6.45, 7) is 4.92. The average molecular weight is 713 g/mol. The molecule has 0 radical (unpaired) electrons. The molecule has 9 rings (SSSR count). The van der Waals surface area contributed by atoms with E-state index in [4.69, 9.17) is 15.0 Å². The third-order valence-electron chi connectivity index (χ3n) is 11.9. The summed E-state index contributed by atoms with van der Waals surface area (Å²) in [5.74, 6) is 4.11. The zero-order valence-corrected chi connectivity index (χ0v) is 31.5. The van der Waals surface area contributed by atoms with Crippen LogP contribution >= 0.6 is 0 Å². The number of benzene rings is 6. The molecule has 0 amide bonds. The first-order chi connectivity index (χ1) is 26.9. The van der Waals surface area contributed by atoms with Gasteiger partial charge in [-0.1, -0.05) is 135 Å². The van der Waals surface area contributed by atoms with Crippen LogP contribution in [0.3, 0.4) is 0 Å². The predicted octanol–water partition coefficient (Wildman–Crippen LogP) is 12.8. The van der Waals surface area contributed by atoms with E-state index in [1.54, 1.807) is 6.07 Å². The predicted molar refractivity (Wildman–Crippen MR) is 224 cm³/mol. The Hall–Kier alpha value is -6.18. The molecule has 4 nitrogen and oxygen atoms in total. The Labute approximate surface area is 324 Å². The van der Waals surface area contributed by atoms with Crippen molar-refractivity contribution in [3.63, 3.8) is 0 Å². The molecule has 0 spiro atoms. The normalized spacial score (nSPS) is 20.4. The molecule has 268 valence electrons. The Kier molecular flexibility index (Phi) is 9.16. The Morgan fingerprint density at radius 1 is 0.473 bits per heavy atom. The number of aromatic nitrogens is 3. The highest BCUT2D eigenvalue weighted by Crippen LogP contribution is 2.54. The molecule has 2 aliphatic carbocycles. The first-order valence-electron chi connectivity index (χ1n) is 19.7. The number of fused-ring (bicyclic) bond motifs is 2. The highest BCUT2D eigenvalue weighted by atomic mass is 15.0. The van der Waals surface area contributed by atoms with Crippen molar-refractivity contribution in [2.45, 2.75) is 51.4 Å². The summed E-state index contributed by atoms with van der Waals surface area (Å²) in [4.78, 5) is 15.3. The lowest BCUT2D eigenvalue weighted by Crippen LogP contribution is -2.42. The van der Waals surface area contributed by atoms with Crippen molar-refractivity contribution in [2.24, 2.45) is 17.8 Å². The largest absolute Gasteiger partial charge is 0.208 e. The van der Waals surface area contributed by atoms with Crippen LogP contribution in [0.4, 0.5) is 0 Å². The second-order valence-electron chi connectivity index (χ2n) is 16.1. The highest BCUT2D eigenvalue weighted by Gasteiger charge is 2.45. The first-order valence-corrected chi connectivity index (χ1v) is 19.7. The summed E-state index contributed by atoms with van der Waals surface area (Å²) in [5.41, 5.74) is 11.7. The highest BCUT2D eigenvalue weighted by molar-refractivity contribution is 5.86. The van der Waals surface area contributed by atoms with Crippen molar-refractivity contribution in [2.75, 3.05) is 0 Å². The molecule has 1 unspecified atom stereocenters. The van der Waals surface area contributed by atoms with Crippen molar-refractivity contribution in [1.29, 1.82) is 5.26 Å². The van der Waals surface area contributed by atoms with E-state index in [9.17, 15) is 5.26 Å². The van der Waals surface area contributed by atoms with E-state index in [2.05, 4.69) is 129 Å². The number of nitrogens with zero attached hydrogens (tertiary/aromatic N) is 4. The summed E-state index contributed by atoms with van der Waals surface area (Å²) in [7, 11) is 0. The van der Waals surface area contributed by atoms with Gasteiger partial charge in [0.25, 0.3) is 0 Å². The quantitative estimate of drug-likeness (QED) is 0.165. The zero-order valence-electron chi connectivity index (χ0n) is 31.5. The number of hydrogen-bond acceptors (Lipinski definition) is 4. The molecule has 2 fully saturated rings. The molecule has 55 heavy (non-hydrogen) atoms. The molecule has 4 atom stereocenters. The Balaban J connectivity index is 1.16. The molecule has 2 saturated carbocycles. The Morgan fingerprint density at radius 3 is 1.67 bits per heavy atom. The maximum absolute atomic E-state index is 9.73. The van der Waals surface area contributed by atoms with Gasteiger partial charge in [0, 0.05) is 16.7 Å². The Morgan fingerprint density at radius 2 is 1.00 bits per heavy atom. The van der Waals surface area contributed by atoms with Gasteiger partial charge in [0.2, 0.25) is 0 Å². The number of hydrogen-bond donors (Lipinski definition) is 0. The van der Waals surface area contributed by atoms with E-state index in [1.807, 2.05) is 36.4 Å². The minimum atomic E-state index is 0.305. The van der Waals surface area contributed by atoms with Crippen LogP contribution in [0.15, 0.2) is 152 Å². The van der Waals surface area contributed by atoms with Crippen LogP contribution in [0.25, 0.3) is 67.5 Å². The second kappa shape index (κ2) is 14.6. The minimum Gasteiger partial charge on any atom is -0.208 e. The van der Waals surface area contributed by atoms with E-state index in [0.29, 0.717) is 28.5 Å². The van der Waals surface area contributed by atoms with Crippen molar-refractivity contribution in [3.8, 4) is 73.6 Å². The van der Waals surface area contributed by atoms with Crippen LogP contribution in [0.5, 0.6) is 0 Å². The summed E-state index contributed by atoms with van der Waals surface area (Å²) < 4.78 is 0. The van der Waals surface area contributed by atoms with Gasteiger partial charge in [0.05, 0.1) is 11.6 Å². The van der Waals surface area contributed by atoms with Gasteiger partial charge in [-0.3, -0.25) is 0 Å². The summed E-state index contributed by atoms with van der Waals surface area (Å²) >= 11 is 0. The zero-order chi connectivity index (χ0) is 37.4. The smallest absolute Gasteiger partial charge is 0.164 e. The monoisotopic (exact) mass is 712 g/mol. The minimum absolute atomic E-state index is 0.305. The topological polar surface area (TPSA) is 62.5 Å². The van der Waals surface area contributed by atoms with Crippen molar-refractivity contribution in [1.82, 2.24) is 15.0 Å². The van der Waals surface area contributed by atoms with Gasteiger partial charge in [0.15, 0.2) is 17.5 Å². The molecule has 1 heterocycles. The van der Waals surface area contributed by atoms with Crippen LogP contribution in [0, 0.1) is 29.1 Å². The van der Waals surface area contributed by atoms with Gasteiger partial charge in [0.1, 0.15) is 0 Å². The van der Waals surface area contributed by atoms with Crippen LogP contribution in [-0.2, 0) is 5.41 Å². The van der Waals surface area contributed by atoms with E-state index < -0.39 is 0 Å². The van der Waals surface area contributed by atoms with Crippen molar-refractivity contribution in [3.05, 3.63) is 163 Å². The molecule has 1 aromatic heterocycles. The molecule has 0 saturated heterocycles. The van der Waals surface area contributed by atoms with E-state index >= 15 is 0 Å². The third kappa shape index (κ3) is 6.99. The van der Waals surface area contributed by atoms with Gasteiger partial charge in [-0.25, -0.2) is 15.0 Å². The summed E-state index contributed by atoms with van der Waals surface area (Å²) in [6.07, 6.45) is 6.70. The van der Waals surface area contributed by atoms with E-state index in [1.165, 1.54) is 43.2 Å². The molecule has 0 aliphatic heterocycles. The van der Waals surface area contributed by atoms with E-state index in [0.717, 1.165) is 62.3 Å². The Bertz CT molecular complexity index is 2500. The van der Waals surface area contributed by atoms with Gasteiger partial charge in [-0.15, -0.1) is 0 Å². The SMILES string of the molecule is C[C@@H]1C[C@@H]2C[C@H](C)CC(c3ccc(-c4ccc(-c5nc(-c6cccc(C#N)c6)nc(-c6cccc(-c7ccccc7)c6)n5)c(-c5ccccc5)c4)cc3)(C1)C2. The third-order valence-corrected chi connectivity index (χ3v) is 11.9. The lowest BCUT2D eigenvalue weighted by atomic mass is 9.54. The lowest BCUT2D eigenvalue weighted by molar-refractivity contribution is 0.0780. The van der Waals surface area contributed by atoms with Gasteiger partial charge in [-0.05, 0) is 125 Å². The standard InChI is InChI=1S/C51H44N4/c1-34-25-37-26-35(2)31-51(30-34,32-37)45-22-19-39(20-23-45)42-21-24-46(47(29-42)40-14-7-4-8-15-40)50-54-48(43-17-9-11-36(27-43)33-52)53-49(55-50)44-18-10-16-41(28-44)38-12-5-3-6-13-38/h3-24,27-29,34-35,37H,25-26,30-32H2,1-2H3/t34-,35+,37-,51?. The molecule has 4 heteroatoms. The molecule has 6 aromatic carbocycles. The second-order valence-corrected chi connectivity index (χ2v) is 16.1. The fourth-order valence-electron chi connectivity index (χ4n) is 9.80. The first kappa shape index (κ1) is 34.6. The molecule has 2 bridgehead atoms. The summed E-state index contributed by atoms with van der Waals surface area (Å²) in [5, 5.41) is 9.73. The van der Waals surface area contributed by atoms with Gasteiger partial charge < -0.3 is 0 Å². The lowest BCUT2D eigenvalue weighted by Gasteiger charge is -2.50. The molecule has 0 N–H and O–H groups in total. The van der Waals surface area contributed by atoms with Gasteiger partial charge in [-0.2, -0.15) is 5.26 Å². The van der Waals surface area contributed by atoms with Crippen LogP contribution < -0.4 is 0 Å². The van der Waals surface area contributed by atoms with Crippen molar-refractivity contribution >= 4 is 0 Å². The van der Waals surface area contributed by atoms with E-state index in [-0.39, 0.29) is 0 Å². The fraction of sp³-hybridized carbons (Fsp3) is 0.216. The number of rotatable bonds is 7. The molecule has 7 aromatic rings. The summed E-state index contributed by atoms with van der Waals surface area (Å²) in [6, 6.07) is 55.1. The molecule has 2 aliphatic rings. The molecular weight excluding hydrogens is 669 g/mol. The van der Waals surface area contributed by atoms with Crippen LogP contribution in [-0.4, -0.2) is 15.0 Å². The fourth-order valence-corrected chi connectivity index (χ4v) is 9.80. The maximum atomic E-state index is 9.73. The average Bonchev–Trinajstić information content (AvgIpc) is 3.23.